The Bertz CT molecular complexity index is 297. The minimum atomic E-state index is -2.82. The number of rotatable bonds is 2. The van der Waals surface area contributed by atoms with Crippen LogP contribution in [-0.2, 0) is 0 Å². The summed E-state index contributed by atoms with van der Waals surface area (Å²) in [5.74, 6) is -0.978. The predicted molar refractivity (Wildman–Crippen MR) is 42.0 cm³/mol. The second-order valence-electron chi connectivity index (χ2n) is 2.76. The van der Waals surface area contributed by atoms with Crippen molar-refractivity contribution in [3.05, 3.63) is 35.1 Å². The van der Waals surface area contributed by atoms with E-state index in [2.05, 4.69) is 0 Å². The Kier molecular flexibility index (Phi) is 2.93. The van der Waals surface area contributed by atoms with Gasteiger partial charge in [-0.15, -0.1) is 0 Å². The molecule has 0 aliphatic heterocycles. The van der Waals surface area contributed by atoms with Gasteiger partial charge >= 0.3 is 0 Å². The SMILES string of the molecule is CC(O)c1ccc(C(F)F)c(F)c1. The fraction of sp³-hybridized carbons (Fsp3) is 0.333. The van der Waals surface area contributed by atoms with E-state index in [9.17, 15) is 13.2 Å². The first kappa shape index (κ1) is 10.1. The third kappa shape index (κ3) is 2.21. The second-order valence-corrected chi connectivity index (χ2v) is 2.76. The van der Waals surface area contributed by atoms with Gasteiger partial charge in [0, 0.05) is 0 Å². The molecule has 0 fully saturated rings. The number of benzene rings is 1. The average Bonchev–Trinajstić information content (AvgIpc) is 2.03. The lowest BCUT2D eigenvalue weighted by molar-refractivity contribution is 0.146. The fourth-order valence-electron chi connectivity index (χ4n) is 0.980. The molecule has 1 atom stereocenters. The molecule has 0 saturated carbocycles. The van der Waals surface area contributed by atoms with Crippen LogP contribution in [0.25, 0.3) is 0 Å². The van der Waals surface area contributed by atoms with E-state index in [0.29, 0.717) is 5.56 Å². The Morgan fingerprint density at radius 3 is 2.31 bits per heavy atom. The van der Waals surface area contributed by atoms with E-state index in [1.165, 1.54) is 13.0 Å². The van der Waals surface area contributed by atoms with Crippen LogP contribution in [0.3, 0.4) is 0 Å². The maximum absolute atomic E-state index is 12.9. The summed E-state index contributed by atoms with van der Waals surface area (Å²) >= 11 is 0. The average molecular weight is 190 g/mol. The van der Waals surface area contributed by atoms with Crippen LogP contribution in [0.15, 0.2) is 18.2 Å². The zero-order chi connectivity index (χ0) is 10.0. The summed E-state index contributed by atoms with van der Waals surface area (Å²) in [4.78, 5) is 0. The van der Waals surface area contributed by atoms with Crippen molar-refractivity contribution < 1.29 is 18.3 Å². The van der Waals surface area contributed by atoms with Gasteiger partial charge in [-0.2, -0.15) is 0 Å². The molecule has 0 aromatic heterocycles. The van der Waals surface area contributed by atoms with Crippen LogP contribution in [0.5, 0.6) is 0 Å². The smallest absolute Gasteiger partial charge is 0.266 e. The molecular formula is C9H9F3O. The van der Waals surface area contributed by atoms with Gasteiger partial charge in [-0.25, -0.2) is 13.2 Å². The minimum Gasteiger partial charge on any atom is -0.389 e. The molecular weight excluding hydrogens is 181 g/mol. The molecule has 1 rings (SSSR count). The third-order valence-electron chi connectivity index (χ3n) is 1.74. The van der Waals surface area contributed by atoms with Crippen molar-refractivity contribution in [1.82, 2.24) is 0 Å². The largest absolute Gasteiger partial charge is 0.389 e. The summed E-state index contributed by atoms with van der Waals surface area (Å²) in [5.41, 5.74) is -0.341. The first-order chi connectivity index (χ1) is 6.02. The summed E-state index contributed by atoms with van der Waals surface area (Å²) in [7, 11) is 0. The zero-order valence-corrected chi connectivity index (χ0v) is 6.97. The normalized spacial score (nSPS) is 13.4. The van der Waals surface area contributed by atoms with Crippen molar-refractivity contribution in [3.63, 3.8) is 0 Å². The molecule has 13 heavy (non-hydrogen) atoms. The lowest BCUT2D eigenvalue weighted by Gasteiger charge is -2.07. The van der Waals surface area contributed by atoms with Gasteiger partial charge in [-0.1, -0.05) is 12.1 Å². The van der Waals surface area contributed by atoms with Crippen molar-refractivity contribution in [2.75, 3.05) is 0 Å². The van der Waals surface area contributed by atoms with E-state index >= 15 is 0 Å². The van der Waals surface area contributed by atoms with Gasteiger partial charge in [0.05, 0.1) is 11.7 Å². The molecule has 0 radical (unpaired) electrons. The second kappa shape index (κ2) is 3.79. The predicted octanol–water partition coefficient (Wildman–Crippen LogP) is 2.82. The van der Waals surface area contributed by atoms with E-state index in [1.54, 1.807) is 0 Å². The maximum Gasteiger partial charge on any atom is 0.266 e. The molecule has 1 unspecified atom stereocenters. The molecule has 0 heterocycles. The first-order valence-corrected chi connectivity index (χ1v) is 3.78. The molecule has 4 heteroatoms. The maximum atomic E-state index is 12.9. The lowest BCUT2D eigenvalue weighted by atomic mass is 10.1. The van der Waals surface area contributed by atoms with Crippen LogP contribution < -0.4 is 0 Å². The Hall–Kier alpha value is -1.03. The van der Waals surface area contributed by atoms with Crippen LogP contribution in [0, 0.1) is 5.82 Å². The number of hydrogen-bond donors (Lipinski definition) is 1. The topological polar surface area (TPSA) is 20.2 Å². The van der Waals surface area contributed by atoms with Gasteiger partial charge in [0.1, 0.15) is 5.82 Å². The van der Waals surface area contributed by atoms with Crippen molar-refractivity contribution in [3.8, 4) is 0 Å². The van der Waals surface area contributed by atoms with Crippen molar-refractivity contribution in [2.45, 2.75) is 19.5 Å². The summed E-state index contributed by atoms with van der Waals surface area (Å²) in [6.07, 6.45) is -3.66. The summed E-state index contributed by atoms with van der Waals surface area (Å²) in [6, 6.07) is 3.20. The molecule has 1 nitrogen and oxygen atoms in total. The molecule has 0 spiro atoms. The minimum absolute atomic E-state index is 0.293. The van der Waals surface area contributed by atoms with Crippen LogP contribution in [0.1, 0.15) is 30.6 Å². The van der Waals surface area contributed by atoms with Gasteiger partial charge in [0.2, 0.25) is 0 Å². The van der Waals surface area contributed by atoms with Crippen LogP contribution in [0.2, 0.25) is 0 Å². The molecule has 0 saturated heterocycles. The van der Waals surface area contributed by atoms with E-state index in [4.69, 9.17) is 5.11 Å². The van der Waals surface area contributed by atoms with E-state index in [0.717, 1.165) is 12.1 Å². The van der Waals surface area contributed by atoms with Gasteiger partial charge in [0.15, 0.2) is 0 Å². The van der Waals surface area contributed by atoms with Gasteiger partial charge in [0.25, 0.3) is 6.43 Å². The van der Waals surface area contributed by atoms with Gasteiger partial charge in [-0.3, -0.25) is 0 Å². The van der Waals surface area contributed by atoms with Crippen LogP contribution in [0.4, 0.5) is 13.2 Å². The third-order valence-corrected chi connectivity index (χ3v) is 1.74. The monoisotopic (exact) mass is 190 g/mol. The van der Waals surface area contributed by atoms with Gasteiger partial charge < -0.3 is 5.11 Å². The van der Waals surface area contributed by atoms with E-state index in [1.807, 2.05) is 0 Å². The molecule has 0 bridgehead atoms. The molecule has 1 aromatic rings. The van der Waals surface area contributed by atoms with Crippen molar-refractivity contribution >= 4 is 0 Å². The Balaban J connectivity index is 3.06. The number of halogens is 3. The Morgan fingerprint density at radius 1 is 1.31 bits per heavy atom. The highest BCUT2D eigenvalue weighted by Crippen LogP contribution is 2.24. The standard InChI is InChI=1S/C9H9F3O/c1-5(13)6-2-3-7(9(11)12)8(10)4-6/h2-5,9,13H,1H3. The Morgan fingerprint density at radius 2 is 1.92 bits per heavy atom. The lowest BCUT2D eigenvalue weighted by Crippen LogP contribution is -1.96. The number of alkyl halides is 2. The summed E-state index contributed by atoms with van der Waals surface area (Å²) in [5, 5.41) is 9.02. The first-order valence-electron chi connectivity index (χ1n) is 3.78. The number of hydrogen-bond acceptors (Lipinski definition) is 1. The van der Waals surface area contributed by atoms with Crippen LogP contribution >= 0.6 is 0 Å². The Labute approximate surface area is 73.8 Å². The van der Waals surface area contributed by atoms with Crippen LogP contribution in [-0.4, -0.2) is 5.11 Å². The quantitative estimate of drug-likeness (QED) is 0.760. The van der Waals surface area contributed by atoms with E-state index in [-0.39, 0.29) is 0 Å². The zero-order valence-electron chi connectivity index (χ0n) is 6.97. The van der Waals surface area contributed by atoms with Gasteiger partial charge in [-0.05, 0) is 18.6 Å². The molecule has 1 N–H and O–H groups in total. The van der Waals surface area contributed by atoms with Crippen molar-refractivity contribution in [2.24, 2.45) is 0 Å². The number of aliphatic hydroxyl groups is 1. The fourth-order valence-corrected chi connectivity index (χ4v) is 0.980. The highest BCUT2D eigenvalue weighted by molar-refractivity contribution is 5.26. The molecule has 1 aromatic carbocycles. The summed E-state index contributed by atoms with van der Waals surface area (Å²) in [6.45, 7) is 1.44. The molecule has 0 amide bonds. The summed E-state index contributed by atoms with van der Waals surface area (Å²) < 4.78 is 37.0. The number of aliphatic hydroxyl groups excluding tert-OH is 1. The molecule has 0 aliphatic carbocycles. The highest BCUT2D eigenvalue weighted by Gasteiger charge is 2.14. The van der Waals surface area contributed by atoms with Crippen molar-refractivity contribution in [1.29, 1.82) is 0 Å². The highest BCUT2D eigenvalue weighted by atomic mass is 19.3. The molecule has 0 aliphatic rings. The molecule has 72 valence electrons. The van der Waals surface area contributed by atoms with E-state index < -0.39 is 23.9 Å².